The van der Waals surface area contributed by atoms with Gasteiger partial charge in [0.05, 0.1) is 38.7 Å². The van der Waals surface area contributed by atoms with Gasteiger partial charge in [-0.15, -0.1) is 0 Å². The summed E-state index contributed by atoms with van der Waals surface area (Å²) in [5.41, 5.74) is 5.53. The van der Waals surface area contributed by atoms with Gasteiger partial charge in [0.15, 0.2) is 13.2 Å². The zero-order valence-corrected chi connectivity index (χ0v) is 33.9. The first-order chi connectivity index (χ1) is 27.6. The minimum atomic E-state index is -0.437. The summed E-state index contributed by atoms with van der Waals surface area (Å²) in [5.74, 6) is 2.50. The van der Waals surface area contributed by atoms with Crippen molar-refractivity contribution in [3.8, 4) is 23.0 Å². The molecule has 2 N–H and O–H groups in total. The molecular weight excluding hydrogens is 770 g/mol. The third-order valence-electron chi connectivity index (χ3n) is 10.5. The Bertz CT molecular complexity index is 2080. The monoisotopic (exact) mass is 816 g/mol. The van der Waals surface area contributed by atoms with E-state index in [2.05, 4.69) is 27.2 Å². The molecule has 4 heterocycles. The van der Waals surface area contributed by atoms with Gasteiger partial charge in [0.2, 0.25) is 0 Å². The van der Waals surface area contributed by atoms with E-state index in [9.17, 15) is 14.6 Å². The van der Waals surface area contributed by atoms with Gasteiger partial charge in [-0.25, -0.2) is 0 Å². The highest BCUT2D eigenvalue weighted by Crippen LogP contribution is 2.38. The second-order valence-electron chi connectivity index (χ2n) is 14.2. The maximum Gasteiger partial charge on any atom is 0.376 e. The lowest BCUT2D eigenvalue weighted by atomic mass is 9.84. The van der Waals surface area contributed by atoms with E-state index >= 15 is 0 Å². The average Bonchev–Trinajstić information content (AvgIpc) is 3.22. The minimum Gasteiger partial charge on any atom is -0.497 e. The van der Waals surface area contributed by atoms with Gasteiger partial charge >= 0.3 is 7.05 Å². The van der Waals surface area contributed by atoms with E-state index in [1.165, 1.54) is 0 Å². The van der Waals surface area contributed by atoms with Crippen LogP contribution in [0.2, 0.25) is 16.9 Å². The van der Waals surface area contributed by atoms with Crippen molar-refractivity contribution in [1.29, 1.82) is 0 Å². The van der Waals surface area contributed by atoms with Crippen LogP contribution in [0.4, 0.5) is 22.7 Å². The molecule has 57 heavy (non-hydrogen) atoms. The standard InChI is InChI=1S/C21H25BClN3O4.C20H22ClN3O3/c1-22(28)25-7-5-24(6-8-25)17-10-15(9-16(23)11-17)13-26-19-4-3-18(29-2)12-20(19)30-14-21(26)27;1-26-17-2-3-18-19(11-17)27-13-20(25)24(18)12-14-8-15(21)10-16(9-14)23-6-4-22-5-7-23/h3-4,9-12,28H,5-8,13-14H2,1-2H3;2-3,8-11,22H,4-7,12-13H2,1H3. The topological polar surface area (TPSA) is 120 Å². The molecule has 0 bridgehead atoms. The number of ether oxygens (including phenoxy) is 4. The Morgan fingerprint density at radius 1 is 0.667 bits per heavy atom. The van der Waals surface area contributed by atoms with Gasteiger partial charge in [0.1, 0.15) is 23.0 Å². The van der Waals surface area contributed by atoms with E-state index < -0.39 is 7.05 Å². The summed E-state index contributed by atoms with van der Waals surface area (Å²) in [4.78, 5) is 35.2. The molecule has 0 aliphatic carbocycles. The Balaban J connectivity index is 0.000000175. The van der Waals surface area contributed by atoms with Crippen molar-refractivity contribution in [2.75, 3.05) is 99.4 Å². The molecule has 4 aliphatic heterocycles. The Kier molecular flexibility index (Phi) is 12.9. The molecule has 300 valence electrons. The Morgan fingerprint density at radius 3 is 1.56 bits per heavy atom. The van der Waals surface area contributed by atoms with Crippen LogP contribution in [0.3, 0.4) is 0 Å². The van der Waals surface area contributed by atoms with Gasteiger partial charge < -0.3 is 53.7 Å². The number of rotatable bonds is 9. The fraction of sp³-hybridized carbons (Fsp3) is 0.366. The van der Waals surface area contributed by atoms with E-state index in [4.69, 9.17) is 42.1 Å². The molecule has 4 aromatic rings. The second kappa shape index (κ2) is 18.2. The molecule has 0 atom stereocenters. The number of methoxy groups -OCH3 is 2. The maximum absolute atomic E-state index is 12.6. The van der Waals surface area contributed by atoms with Crippen LogP contribution in [0.1, 0.15) is 11.1 Å². The largest absolute Gasteiger partial charge is 0.497 e. The SMILES string of the molecule is COc1ccc2c(c1)OCC(=O)N2Cc1cc(Cl)cc(N2CCN(B(C)O)CC2)c1.COc1ccc2c(c1)OCC(=O)N2Cc1cc(Cl)cc(N2CCNCC2)c1. The number of anilines is 4. The third kappa shape index (κ3) is 9.65. The number of benzene rings is 4. The van der Waals surface area contributed by atoms with Crippen LogP contribution in [0.15, 0.2) is 72.8 Å². The molecule has 0 aromatic heterocycles. The van der Waals surface area contributed by atoms with Crippen LogP contribution in [0.25, 0.3) is 0 Å². The van der Waals surface area contributed by atoms with Crippen LogP contribution in [-0.2, 0) is 22.7 Å². The quantitative estimate of drug-likeness (QED) is 0.218. The second-order valence-corrected chi connectivity index (χ2v) is 15.1. The van der Waals surface area contributed by atoms with E-state index in [0.29, 0.717) is 46.1 Å². The fourth-order valence-corrected chi connectivity index (χ4v) is 7.93. The lowest BCUT2D eigenvalue weighted by Gasteiger charge is -2.37. The summed E-state index contributed by atoms with van der Waals surface area (Å²) >= 11 is 12.8. The summed E-state index contributed by atoms with van der Waals surface area (Å²) in [6, 6.07) is 22.9. The number of carbonyl (C=O) groups is 2. The lowest BCUT2D eigenvalue weighted by Crippen LogP contribution is -2.51. The van der Waals surface area contributed by atoms with Crippen molar-refractivity contribution in [3.05, 3.63) is 94.0 Å². The van der Waals surface area contributed by atoms with Crippen molar-refractivity contribution >= 4 is 64.8 Å². The van der Waals surface area contributed by atoms with E-state index in [1.54, 1.807) is 43.0 Å². The van der Waals surface area contributed by atoms with Crippen molar-refractivity contribution in [2.45, 2.75) is 19.9 Å². The molecule has 0 saturated carbocycles. The molecule has 13 nitrogen and oxygen atoms in total. The Labute approximate surface area is 343 Å². The molecular formula is C41H47BCl2N6O7. The van der Waals surface area contributed by atoms with E-state index in [1.807, 2.05) is 53.3 Å². The summed E-state index contributed by atoms with van der Waals surface area (Å²) in [6.45, 7) is 9.65. The number of carbonyl (C=O) groups excluding carboxylic acids is 2. The first kappa shape index (κ1) is 40.3. The summed E-state index contributed by atoms with van der Waals surface area (Å²) < 4.78 is 21.7. The number of hydrogen-bond acceptors (Lipinski definition) is 11. The molecule has 16 heteroatoms. The first-order valence-corrected chi connectivity index (χ1v) is 19.8. The van der Waals surface area contributed by atoms with Crippen LogP contribution in [0.5, 0.6) is 23.0 Å². The predicted octanol–water partition coefficient (Wildman–Crippen LogP) is 5.19. The zero-order chi connectivity index (χ0) is 40.1. The van der Waals surface area contributed by atoms with Crippen LogP contribution in [0, 0.1) is 0 Å². The van der Waals surface area contributed by atoms with Crippen molar-refractivity contribution in [1.82, 2.24) is 10.1 Å². The van der Waals surface area contributed by atoms with Crippen molar-refractivity contribution in [2.24, 2.45) is 0 Å². The number of amides is 2. The molecule has 2 saturated heterocycles. The van der Waals surface area contributed by atoms with Crippen molar-refractivity contribution < 1.29 is 33.6 Å². The normalized spacial score (nSPS) is 16.8. The fourth-order valence-electron chi connectivity index (χ4n) is 7.43. The van der Waals surface area contributed by atoms with Crippen molar-refractivity contribution in [3.63, 3.8) is 0 Å². The molecule has 0 radical (unpaired) electrons. The molecule has 8 rings (SSSR count). The summed E-state index contributed by atoms with van der Waals surface area (Å²) in [5, 5.41) is 14.4. The number of hydrogen-bond donors (Lipinski definition) is 2. The first-order valence-electron chi connectivity index (χ1n) is 19.0. The van der Waals surface area contributed by atoms with Crippen LogP contribution >= 0.6 is 23.2 Å². The molecule has 4 aliphatic rings. The van der Waals surface area contributed by atoms with E-state index in [-0.39, 0.29) is 25.0 Å². The molecule has 4 aromatic carbocycles. The lowest BCUT2D eigenvalue weighted by molar-refractivity contribution is -0.122. The predicted molar refractivity (Wildman–Crippen MR) is 225 cm³/mol. The van der Waals surface area contributed by atoms with Gasteiger partial charge in [-0.2, -0.15) is 0 Å². The van der Waals surface area contributed by atoms with Crippen LogP contribution in [-0.4, -0.2) is 108 Å². The van der Waals surface area contributed by atoms with Crippen LogP contribution < -0.4 is 43.9 Å². The number of halogens is 2. The van der Waals surface area contributed by atoms with Gasteiger partial charge in [0.25, 0.3) is 11.8 Å². The number of nitrogens with one attached hydrogen (secondary N) is 1. The molecule has 2 amide bonds. The van der Waals surface area contributed by atoms with E-state index in [0.717, 1.165) is 86.2 Å². The van der Waals surface area contributed by atoms with Gasteiger partial charge in [-0.3, -0.25) is 9.59 Å². The molecule has 2 fully saturated rings. The summed E-state index contributed by atoms with van der Waals surface area (Å²) in [7, 11) is 2.77. The van der Waals surface area contributed by atoms with Gasteiger partial charge in [-0.05, 0) is 78.6 Å². The average molecular weight is 818 g/mol. The number of nitrogens with zero attached hydrogens (tertiary/aromatic N) is 5. The minimum absolute atomic E-state index is 0.00507. The number of fused-ring (bicyclic) bond motifs is 2. The zero-order valence-electron chi connectivity index (χ0n) is 32.4. The summed E-state index contributed by atoms with van der Waals surface area (Å²) in [6.07, 6.45) is 0. The third-order valence-corrected chi connectivity index (χ3v) is 10.9. The Morgan fingerprint density at radius 2 is 1.12 bits per heavy atom. The van der Waals surface area contributed by atoms with Gasteiger partial charge in [-0.1, -0.05) is 23.2 Å². The highest BCUT2D eigenvalue weighted by atomic mass is 35.5. The molecule has 0 spiro atoms. The number of piperazine rings is 2. The molecule has 0 unspecified atom stereocenters. The highest BCUT2D eigenvalue weighted by Gasteiger charge is 2.29. The van der Waals surface area contributed by atoms with Gasteiger partial charge in [0, 0.05) is 85.9 Å². The maximum atomic E-state index is 12.6. The Hall–Kier alpha value is -4.86. The highest BCUT2D eigenvalue weighted by molar-refractivity contribution is 6.45. The smallest absolute Gasteiger partial charge is 0.376 e.